The van der Waals surface area contributed by atoms with Gasteiger partial charge in [-0.1, -0.05) is 23.2 Å². The number of carbonyl (C=O) groups is 1. The molecule has 8 heteroatoms. The highest BCUT2D eigenvalue weighted by molar-refractivity contribution is 6.32. The van der Waals surface area contributed by atoms with Gasteiger partial charge < -0.3 is 5.11 Å². The first-order valence-corrected chi connectivity index (χ1v) is 4.81. The van der Waals surface area contributed by atoms with Crippen molar-refractivity contribution in [3.05, 3.63) is 34.2 Å². The Morgan fingerprint density at radius 2 is 2.06 bits per heavy atom. The second-order valence-corrected chi connectivity index (χ2v) is 3.56. The highest BCUT2D eigenvalue weighted by Gasteiger charge is 2.16. The molecule has 0 atom stereocenters. The Kier molecular flexibility index (Phi) is 2.76. The van der Waals surface area contributed by atoms with Crippen LogP contribution in [0.15, 0.2) is 18.3 Å². The number of carboxylic acids is 1. The summed E-state index contributed by atoms with van der Waals surface area (Å²) in [5, 5.41) is 16.4. The molecule has 2 aromatic heterocycles. The summed E-state index contributed by atoms with van der Waals surface area (Å²) in [6, 6.07) is 3.13. The van der Waals surface area contributed by atoms with Crippen molar-refractivity contribution in [2.24, 2.45) is 0 Å². The number of hydrogen-bond donors (Lipinski definition) is 1. The maximum atomic E-state index is 10.7. The van der Waals surface area contributed by atoms with Gasteiger partial charge in [-0.2, -0.15) is 0 Å². The summed E-state index contributed by atoms with van der Waals surface area (Å²) in [6.07, 6.45) is 1.40. The number of hydrogen-bond acceptors (Lipinski definition) is 4. The lowest BCUT2D eigenvalue weighted by Crippen LogP contribution is -2.03. The van der Waals surface area contributed by atoms with Crippen LogP contribution in [0.4, 0.5) is 0 Å². The molecule has 0 aromatic carbocycles. The topological polar surface area (TPSA) is 80.9 Å². The fourth-order valence-corrected chi connectivity index (χ4v) is 1.31. The van der Waals surface area contributed by atoms with Crippen LogP contribution < -0.4 is 0 Å². The number of aromatic nitrogens is 4. The summed E-state index contributed by atoms with van der Waals surface area (Å²) in [7, 11) is 0. The lowest BCUT2D eigenvalue weighted by Gasteiger charge is -1.96. The van der Waals surface area contributed by atoms with Crippen LogP contribution in [-0.2, 0) is 0 Å². The van der Waals surface area contributed by atoms with E-state index in [1.54, 1.807) is 12.1 Å². The highest BCUT2D eigenvalue weighted by Crippen LogP contribution is 2.13. The first-order chi connectivity index (χ1) is 7.58. The minimum absolute atomic E-state index is 0.191. The van der Waals surface area contributed by atoms with Crippen LogP contribution >= 0.6 is 23.2 Å². The third-order valence-corrected chi connectivity index (χ3v) is 2.17. The Labute approximate surface area is 99.4 Å². The van der Waals surface area contributed by atoms with E-state index in [0.29, 0.717) is 10.8 Å². The molecule has 0 fully saturated rings. The van der Waals surface area contributed by atoms with Gasteiger partial charge in [-0.15, -0.1) is 15.0 Å². The predicted octanol–water partition coefficient (Wildman–Crippen LogP) is 1.67. The zero-order chi connectivity index (χ0) is 11.7. The number of pyridine rings is 1. The number of rotatable bonds is 2. The van der Waals surface area contributed by atoms with Gasteiger partial charge in [-0.3, -0.25) is 0 Å². The van der Waals surface area contributed by atoms with Gasteiger partial charge in [0, 0.05) is 6.20 Å². The van der Waals surface area contributed by atoms with Gasteiger partial charge in [-0.25, -0.2) is 9.78 Å². The quantitative estimate of drug-likeness (QED) is 0.887. The van der Waals surface area contributed by atoms with E-state index in [1.165, 1.54) is 6.20 Å². The molecule has 0 aliphatic carbocycles. The van der Waals surface area contributed by atoms with Gasteiger partial charge in [0.2, 0.25) is 5.69 Å². The molecule has 2 rings (SSSR count). The molecule has 2 aromatic rings. The van der Waals surface area contributed by atoms with Gasteiger partial charge in [-0.05, 0) is 12.1 Å². The first kappa shape index (κ1) is 10.8. The summed E-state index contributed by atoms with van der Waals surface area (Å²) in [4.78, 5) is 15.6. The van der Waals surface area contributed by atoms with Crippen molar-refractivity contribution in [2.75, 3.05) is 0 Å². The van der Waals surface area contributed by atoms with Crippen LogP contribution in [0.5, 0.6) is 0 Å². The summed E-state index contributed by atoms with van der Waals surface area (Å²) in [5.74, 6) is -0.913. The average Bonchev–Trinajstić information content (AvgIpc) is 2.61. The van der Waals surface area contributed by atoms with E-state index in [0.717, 1.165) is 4.80 Å². The van der Waals surface area contributed by atoms with E-state index in [1.807, 2.05) is 0 Å². The van der Waals surface area contributed by atoms with Crippen molar-refractivity contribution < 1.29 is 9.90 Å². The zero-order valence-electron chi connectivity index (χ0n) is 7.63. The summed E-state index contributed by atoms with van der Waals surface area (Å²) in [6.45, 7) is 0. The molecule has 0 unspecified atom stereocenters. The summed E-state index contributed by atoms with van der Waals surface area (Å²) >= 11 is 11.2. The molecule has 0 aliphatic heterocycles. The van der Waals surface area contributed by atoms with E-state index < -0.39 is 5.97 Å². The van der Waals surface area contributed by atoms with Gasteiger partial charge >= 0.3 is 5.97 Å². The fourth-order valence-electron chi connectivity index (χ4n) is 1.01. The van der Waals surface area contributed by atoms with Gasteiger partial charge in [0.05, 0.1) is 5.02 Å². The molecule has 16 heavy (non-hydrogen) atoms. The smallest absolute Gasteiger partial charge is 0.359 e. The Hall–Kier alpha value is -1.66. The van der Waals surface area contributed by atoms with Crippen LogP contribution in [0.25, 0.3) is 5.82 Å². The van der Waals surface area contributed by atoms with Crippen molar-refractivity contribution in [3.63, 3.8) is 0 Å². The molecule has 6 nitrogen and oxygen atoms in total. The molecule has 0 radical (unpaired) electrons. The highest BCUT2D eigenvalue weighted by atomic mass is 35.5. The molecular weight excluding hydrogens is 255 g/mol. The first-order valence-electron chi connectivity index (χ1n) is 4.06. The van der Waals surface area contributed by atoms with E-state index in [9.17, 15) is 4.79 Å². The fraction of sp³-hybridized carbons (Fsp3) is 0. The third-order valence-electron chi connectivity index (χ3n) is 1.69. The number of aromatic carboxylic acids is 1. The SMILES string of the molecule is O=C(O)c1nn(-c2ccc(Cl)cn2)nc1Cl. The molecule has 0 bridgehead atoms. The molecule has 82 valence electrons. The molecule has 0 amide bonds. The molecule has 0 saturated carbocycles. The number of carboxylic acid groups (broad SMARTS) is 1. The Bertz CT molecular complexity index is 537. The molecule has 1 N–H and O–H groups in total. The zero-order valence-corrected chi connectivity index (χ0v) is 9.14. The second kappa shape index (κ2) is 4.07. The average molecular weight is 259 g/mol. The molecule has 2 heterocycles. The van der Waals surface area contributed by atoms with Gasteiger partial charge in [0.25, 0.3) is 0 Å². The monoisotopic (exact) mass is 258 g/mol. The predicted molar refractivity (Wildman–Crippen MR) is 56.1 cm³/mol. The van der Waals surface area contributed by atoms with E-state index in [4.69, 9.17) is 28.3 Å². The van der Waals surface area contributed by atoms with Crippen molar-refractivity contribution in [1.29, 1.82) is 0 Å². The van der Waals surface area contributed by atoms with Crippen molar-refractivity contribution in [1.82, 2.24) is 20.0 Å². The lowest BCUT2D eigenvalue weighted by atomic mass is 10.5. The second-order valence-electron chi connectivity index (χ2n) is 2.77. The molecule has 0 spiro atoms. The third kappa shape index (κ3) is 1.98. The lowest BCUT2D eigenvalue weighted by molar-refractivity contribution is 0.0690. The Morgan fingerprint density at radius 1 is 1.31 bits per heavy atom. The molecule has 0 saturated heterocycles. The van der Waals surface area contributed by atoms with E-state index >= 15 is 0 Å². The summed E-state index contributed by atoms with van der Waals surface area (Å²) < 4.78 is 0. The van der Waals surface area contributed by atoms with Crippen LogP contribution in [0.3, 0.4) is 0 Å². The summed E-state index contributed by atoms with van der Waals surface area (Å²) in [5.41, 5.74) is -0.321. The Balaban J connectivity index is 2.45. The minimum Gasteiger partial charge on any atom is -0.476 e. The van der Waals surface area contributed by atoms with E-state index in [2.05, 4.69) is 15.2 Å². The van der Waals surface area contributed by atoms with Crippen LogP contribution in [0.2, 0.25) is 10.2 Å². The maximum absolute atomic E-state index is 10.7. The number of nitrogens with zero attached hydrogens (tertiary/aromatic N) is 4. The van der Waals surface area contributed by atoms with Crippen LogP contribution in [0, 0.1) is 0 Å². The molecular formula is C8H4Cl2N4O2. The minimum atomic E-state index is -1.25. The number of halogens is 2. The largest absolute Gasteiger partial charge is 0.476 e. The maximum Gasteiger partial charge on any atom is 0.359 e. The van der Waals surface area contributed by atoms with Crippen molar-refractivity contribution >= 4 is 29.2 Å². The standard InChI is InChI=1S/C8H4Cl2N4O2/c9-4-1-2-5(11-3-4)14-12-6(8(15)16)7(10)13-14/h1-3H,(H,15,16). The van der Waals surface area contributed by atoms with E-state index in [-0.39, 0.29) is 10.8 Å². The van der Waals surface area contributed by atoms with Crippen molar-refractivity contribution in [2.45, 2.75) is 0 Å². The normalized spacial score (nSPS) is 10.4. The Morgan fingerprint density at radius 3 is 2.56 bits per heavy atom. The van der Waals surface area contributed by atoms with Crippen LogP contribution in [0.1, 0.15) is 10.5 Å². The van der Waals surface area contributed by atoms with Crippen molar-refractivity contribution in [3.8, 4) is 5.82 Å². The van der Waals surface area contributed by atoms with Crippen LogP contribution in [-0.4, -0.2) is 31.1 Å². The van der Waals surface area contributed by atoms with Gasteiger partial charge in [0.15, 0.2) is 11.0 Å². The van der Waals surface area contributed by atoms with Gasteiger partial charge in [0.1, 0.15) is 0 Å². The molecule has 0 aliphatic rings.